The van der Waals surface area contributed by atoms with E-state index in [1.165, 1.54) is 12.1 Å². The smallest absolute Gasteiger partial charge is 0.320 e. The number of ether oxygens (including phenoxy) is 2. The van der Waals surface area contributed by atoms with Gasteiger partial charge < -0.3 is 19.9 Å². The molecule has 168 valence electrons. The summed E-state index contributed by atoms with van der Waals surface area (Å²) in [7, 11) is 0. The molecule has 2 aromatic rings. The number of nitro groups is 1. The lowest BCUT2D eigenvalue weighted by Crippen LogP contribution is -2.36. The van der Waals surface area contributed by atoms with Crippen LogP contribution in [0.3, 0.4) is 0 Å². The number of nitro benzene ring substituents is 1. The van der Waals surface area contributed by atoms with Crippen LogP contribution < -0.4 is 14.8 Å². The number of carboxylic acids is 1. The number of rotatable bonds is 13. The molecule has 0 aliphatic heterocycles. The van der Waals surface area contributed by atoms with Gasteiger partial charge in [-0.3, -0.25) is 14.9 Å². The molecule has 2 N–H and O–H groups in total. The zero-order valence-corrected chi connectivity index (χ0v) is 19.7. The van der Waals surface area contributed by atoms with Gasteiger partial charge in [-0.1, -0.05) is 15.9 Å². The van der Waals surface area contributed by atoms with Crippen molar-refractivity contribution in [3.8, 4) is 11.5 Å². The maximum atomic E-state index is 11.4. The Balaban J connectivity index is 2.11. The molecule has 8 nitrogen and oxygen atoms in total. The van der Waals surface area contributed by atoms with Crippen molar-refractivity contribution in [3.63, 3.8) is 0 Å². The van der Waals surface area contributed by atoms with Crippen molar-refractivity contribution < 1.29 is 24.3 Å². The summed E-state index contributed by atoms with van der Waals surface area (Å²) in [6.45, 7) is 2.88. The molecule has 1 atom stereocenters. The van der Waals surface area contributed by atoms with Crippen molar-refractivity contribution in [1.82, 2.24) is 5.32 Å². The van der Waals surface area contributed by atoms with Crippen molar-refractivity contribution in [3.05, 3.63) is 62.1 Å². The Morgan fingerprint density at radius 2 is 1.94 bits per heavy atom. The van der Waals surface area contributed by atoms with Crippen LogP contribution in [0.5, 0.6) is 11.5 Å². The molecule has 0 saturated carbocycles. The van der Waals surface area contributed by atoms with Gasteiger partial charge in [0.15, 0.2) is 11.5 Å². The maximum absolute atomic E-state index is 11.4. The van der Waals surface area contributed by atoms with E-state index in [0.29, 0.717) is 31.1 Å². The molecule has 0 radical (unpaired) electrons. The molecule has 0 aliphatic carbocycles. The third-order valence-corrected chi connectivity index (χ3v) is 5.78. The first-order valence-corrected chi connectivity index (χ1v) is 11.8. The van der Waals surface area contributed by atoms with E-state index in [9.17, 15) is 20.0 Å². The number of non-ortho nitro benzene ring substituents is 1. The van der Waals surface area contributed by atoms with E-state index >= 15 is 0 Å². The van der Waals surface area contributed by atoms with E-state index in [-0.39, 0.29) is 12.3 Å². The molecule has 1 unspecified atom stereocenters. The molecule has 0 spiro atoms. The summed E-state index contributed by atoms with van der Waals surface area (Å²) in [5, 5.41) is 23.2. The molecule has 0 fully saturated rings. The van der Waals surface area contributed by atoms with Gasteiger partial charge in [0.25, 0.3) is 5.69 Å². The number of aliphatic carboxylic acids is 1. The standard InChI is InChI=1S/C21H25BrN2O6S/c1-3-29-19-10-15(12-23-18(21(25)26)8-9-31-2)17(22)11-20(19)30-13-14-4-6-16(7-5-14)24(27)28/h4-7,10-11,18,23H,3,8-9,12-13H2,1-2H3,(H,25,26). The summed E-state index contributed by atoms with van der Waals surface area (Å²) in [6.07, 6.45) is 2.47. The van der Waals surface area contributed by atoms with Gasteiger partial charge in [-0.25, -0.2) is 0 Å². The van der Waals surface area contributed by atoms with Gasteiger partial charge in [0.2, 0.25) is 0 Å². The van der Waals surface area contributed by atoms with E-state index in [0.717, 1.165) is 21.4 Å². The fourth-order valence-electron chi connectivity index (χ4n) is 2.75. The number of carboxylic acid groups (broad SMARTS) is 1. The van der Waals surface area contributed by atoms with Crippen LogP contribution in [-0.4, -0.2) is 40.7 Å². The molecule has 2 aromatic carbocycles. The van der Waals surface area contributed by atoms with Crippen molar-refractivity contribution >= 4 is 39.3 Å². The lowest BCUT2D eigenvalue weighted by molar-refractivity contribution is -0.384. The second-order valence-corrected chi connectivity index (χ2v) is 8.43. The Bertz CT molecular complexity index is 894. The highest BCUT2D eigenvalue weighted by Crippen LogP contribution is 2.34. The van der Waals surface area contributed by atoms with Crippen LogP contribution in [0.25, 0.3) is 0 Å². The Morgan fingerprint density at radius 3 is 2.52 bits per heavy atom. The third kappa shape index (κ3) is 7.71. The number of hydrogen-bond donors (Lipinski definition) is 2. The van der Waals surface area contributed by atoms with Crippen LogP contribution in [-0.2, 0) is 17.9 Å². The number of nitrogens with one attached hydrogen (secondary N) is 1. The highest BCUT2D eigenvalue weighted by atomic mass is 79.9. The van der Waals surface area contributed by atoms with E-state index < -0.39 is 16.9 Å². The number of hydrogen-bond acceptors (Lipinski definition) is 7. The molecule has 10 heteroatoms. The van der Waals surface area contributed by atoms with Crippen molar-refractivity contribution in [2.45, 2.75) is 32.5 Å². The summed E-state index contributed by atoms with van der Waals surface area (Å²) in [6, 6.07) is 9.13. The molecule has 2 rings (SSSR count). The van der Waals surface area contributed by atoms with Gasteiger partial charge in [-0.05, 0) is 60.7 Å². The number of nitrogens with zero attached hydrogens (tertiary/aromatic N) is 1. The Morgan fingerprint density at radius 1 is 1.26 bits per heavy atom. The van der Waals surface area contributed by atoms with E-state index in [1.807, 2.05) is 19.2 Å². The van der Waals surface area contributed by atoms with Gasteiger partial charge in [0.05, 0.1) is 11.5 Å². The topological polar surface area (TPSA) is 111 Å². The zero-order chi connectivity index (χ0) is 22.8. The molecule has 0 aliphatic rings. The molecule has 0 aromatic heterocycles. The van der Waals surface area contributed by atoms with Crippen LogP contribution >= 0.6 is 27.7 Å². The highest BCUT2D eigenvalue weighted by Gasteiger charge is 2.18. The first-order chi connectivity index (χ1) is 14.8. The zero-order valence-electron chi connectivity index (χ0n) is 17.3. The largest absolute Gasteiger partial charge is 0.490 e. The van der Waals surface area contributed by atoms with Crippen LogP contribution in [0.2, 0.25) is 0 Å². The average molecular weight is 513 g/mol. The fourth-order valence-corrected chi connectivity index (χ4v) is 3.68. The van der Waals surface area contributed by atoms with Gasteiger partial charge in [0, 0.05) is 23.2 Å². The van der Waals surface area contributed by atoms with Crippen LogP contribution in [0.15, 0.2) is 40.9 Å². The predicted molar refractivity (Wildman–Crippen MR) is 124 cm³/mol. The van der Waals surface area contributed by atoms with Gasteiger partial charge in [-0.15, -0.1) is 0 Å². The SMILES string of the molecule is CCOc1cc(CNC(CCSC)C(=O)O)c(Br)cc1OCc1ccc([N+](=O)[O-])cc1. The molecule has 0 heterocycles. The number of thioether (sulfide) groups is 1. The molecule has 0 bridgehead atoms. The van der Waals surface area contributed by atoms with E-state index in [2.05, 4.69) is 21.2 Å². The fraction of sp³-hybridized carbons (Fsp3) is 0.381. The number of halogens is 1. The maximum Gasteiger partial charge on any atom is 0.320 e. The molecule has 0 amide bonds. The van der Waals surface area contributed by atoms with Crippen LogP contribution in [0.1, 0.15) is 24.5 Å². The average Bonchev–Trinajstić information content (AvgIpc) is 2.74. The monoisotopic (exact) mass is 512 g/mol. The Labute approximate surface area is 193 Å². The summed E-state index contributed by atoms with van der Waals surface area (Å²) in [5.41, 5.74) is 1.66. The second kappa shape index (κ2) is 12.5. The van der Waals surface area contributed by atoms with E-state index in [1.54, 1.807) is 30.0 Å². The molecular formula is C21H25BrN2O6S. The Hall–Kier alpha value is -2.30. The van der Waals surface area contributed by atoms with Crippen molar-refractivity contribution in [1.29, 1.82) is 0 Å². The number of carbonyl (C=O) groups is 1. The molecule has 31 heavy (non-hydrogen) atoms. The van der Waals surface area contributed by atoms with Crippen LogP contribution in [0, 0.1) is 10.1 Å². The second-order valence-electron chi connectivity index (χ2n) is 6.59. The first kappa shape index (κ1) is 25.0. The number of benzene rings is 2. The molecular weight excluding hydrogens is 488 g/mol. The van der Waals surface area contributed by atoms with Gasteiger partial charge in [-0.2, -0.15) is 11.8 Å². The van der Waals surface area contributed by atoms with Gasteiger partial charge in [0.1, 0.15) is 12.6 Å². The summed E-state index contributed by atoms with van der Waals surface area (Å²) < 4.78 is 12.4. The minimum atomic E-state index is -0.877. The summed E-state index contributed by atoms with van der Waals surface area (Å²) in [5.74, 6) is 0.941. The predicted octanol–water partition coefficient (Wildman–Crippen LogP) is 4.63. The lowest BCUT2D eigenvalue weighted by Gasteiger charge is -2.17. The minimum Gasteiger partial charge on any atom is -0.490 e. The quantitative estimate of drug-likeness (QED) is 0.295. The van der Waals surface area contributed by atoms with Crippen molar-refractivity contribution in [2.75, 3.05) is 18.6 Å². The van der Waals surface area contributed by atoms with Gasteiger partial charge >= 0.3 is 5.97 Å². The van der Waals surface area contributed by atoms with E-state index in [4.69, 9.17) is 9.47 Å². The van der Waals surface area contributed by atoms with Crippen LogP contribution in [0.4, 0.5) is 5.69 Å². The highest BCUT2D eigenvalue weighted by molar-refractivity contribution is 9.10. The molecule has 0 saturated heterocycles. The first-order valence-electron chi connectivity index (χ1n) is 9.62. The third-order valence-electron chi connectivity index (χ3n) is 4.40. The normalized spacial score (nSPS) is 11.7. The summed E-state index contributed by atoms with van der Waals surface area (Å²) >= 11 is 5.13. The Kier molecular flexibility index (Phi) is 10.1. The lowest BCUT2D eigenvalue weighted by atomic mass is 10.1. The minimum absolute atomic E-state index is 0.0237. The van der Waals surface area contributed by atoms with Crippen molar-refractivity contribution in [2.24, 2.45) is 0 Å². The summed E-state index contributed by atoms with van der Waals surface area (Å²) in [4.78, 5) is 21.8.